The predicted molar refractivity (Wildman–Crippen MR) is 62.2 cm³/mol. The smallest absolute Gasteiger partial charge is 0.247 e. The van der Waals surface area contributed by atoms with Gasteiger partial charge in [0.05, 0.1) is 18.2 Å². The average Bonchev–Trinajstić information content (AvgIpc) is 3.16. The Morgan fingerprint density at radius 2 is 2.22 bits per heavy atom. The van der Waals surface area contributed by atoms with E-state index in [-0.39, 0.29) is 24.3 Å². The van der Waals surface area contributed by atoms with Crippen molar-refractivity contribution in [3.8, 4) is 0 Å². The van der Waals surface area contributed by atoms with Crippen LogP contribution in [0.25, 0.3) is 0 Å². The molecule has 1 aromatic rings. The van der Waals surface area contributed by atoms with Crippen LogP contribution in [-0.4, -0.2) is 38.8 Å². The molecule has 2 aliphatic rings. The van der Waals surface area contributed by atoms with Gasteiger partial charge >= 0.3 is 0 Å². The highest BCUT2D eigenvalue weighted by Gasteiger charge is 2.45. The second kappa shape index (κ2) is 4.45. The molecule has 1 saturated heterocycles. The molecule has 0 aromatic carbocycles. The maximum Gasteiger partial charge on any atom is 0.247 e. The van der Waals surface area contributed by atoms with Crippen molar-refractivity contribution < 1.29 is 9.59 Å². The maximum atomic E-state index is 12.0. The van der Waals surface area contributed by atoms with Crippen LogP contribution in [0, 0.1) is 0 Å². The summed E-state index contributed by atoms with van der Waals surface area (Å²) in [7, 11) is 0. The summed E-state index contributed by atoms with van der Waals surface area (Å²) in [6.07, 6.45) is 5.30. The van der Waals surface area contributed by atoms with Crippen LogP contribution in [0.2, 0.25) is 0 Å². The van der Waals surface area contributed by atoms with Crippen molar-refractivity contribution in [3.63, 3.8) is 0 Å². The van der Waals surface area contributed by atoms with Crippen LogP contribution in [0.3, 0.4) is 0 Å². The van der Waals surface area contributed by atoms with Crippen LogP contribution in [0.1, 0.15) is 25.0 Å². The summed E-state index contributed by atoms with van der Waals surface area (Å²) in [4.78, 5) is 33.1. The number of aromatic nitrogens is 2. The lowest BCUT2D eigenvalue weighted by Gasteiger charge is -2.14. The molecule has 1 aliphatic heterocycles. The number of nitrogens with zero attached hydrogens (tertiary/aromatic N) is 3. The summed E-state index contributed by atoms with van der Waals surface area (Å²) in [6.45, 7) is 0.477. The molecule has 0 bridgehead atoms. The van der Waals surface area contributed by atoms with E-state index in [1.54, 1.807) is 12.3 Å². The molecule has 1 atom stereocenters. The van der Waals surface area contributed by atoms with Gasteiger partial charge in [0.15, 0.2) is 0 Å². The molecule has 0 spiro atoms. The Labute approximate surface area is 104 Å². The minimum Gasteiger partial charge on any atom is -0.300 e. The van der Waals surface area contributed by atoms with E-state index in [9.17, 15) is 9.59 Å². The van der Waals surface area contributed by atoms with Gasteiger partial charge in [-0.05, 0) is 18.9 Å². The van der Waals surface area contributed by atoms with Gasteiger partial charge in [0, 0.05) is 18.8 Å². The molecule has 94 valence electrons. The number of hydrogen-bond acceptors (Lipinski definition) is 5. The molecule has 6 nitrogen and oxygen atoms in total. The highest BCUT2D eigenvalue weighted by Crippen LogP contribution is 2.31. The minimum atomic E-state index is -0.395. The minimum absolute atomic E-state index is 0.0531. The zero-order valence-corrected chi connectivity index (χ0v) is 9.87. The van der Waals surface area contributed by atoms with Crippen molar-refractivity contribution in [2.45, 2.75) is 37.9 Å². The second-order valence-corrected chi connectivity index (χ2v) is 4.67. The first-order valence-corrected chi connectivity index (χ1v) is 6.10. The zero-order chi connectivity index (χ0) is 12.5. The molecule has 1 aromatic heterocycles. The van der Waals surface area contributed by atoms with Gasteiger partial charge in [-0.1, -0.05) is 0 Å². The Kier molecular flexibility index (Phi) is 2.79. The van der Waals surface area contributed by atoms with Gasteiger partial charge in [0.2, 0.25) is 11.8 Å². The molecule has 3 rings (SSSR count). The molecule has 1 aliphatic carbocycles. The SMILES string of the molecule is O=C1CC(NCc2ccncn2)C(=O)N1C1CC1. The third-order valence-electron chi connectivity index (χ3n) is 3.27. The van der Waals surface area contributed by atoms with E-state index in [2.05, 4.69) is 15.3 Å². The molecule has 0 radical (unpaired) electrons. The van der Waals surface area contributed by atoms with Crippen LogP contribution in [0.5, 0.6) is 0 Å². The average molecular weight is 246 g/mol. The van der Waals surface area contributed by atoms with E-state index < -0.39 is 6.04 Å². The number of carbonyl (C=O) groups is 2. The lowest BCUT2D eigenvalue weighted by molar-refractivity contribution is -0.139. The number of nitrogens with one attached hydrogen (secondary N) is 1. The Bertz CT molecular complexity index is 472. The Morgan fingerprint density at radius 1 is 1.39 bits per heavy atom. The summed E-state index contributed by atoms with van der Waals surface area (Å²) in [6, 6.07) is 1.55. The Balaban J connectivity index is 1.61. The van der Waals surface area contributed by atoms with E-state index in [0.29, 0.717) is 6.54 Å². The van der Waals surface area contributed by atoms with E-state index in [1.165, 1.54) is 11.2 Å². The van der Waals surface area contributed by atoms with E-state index in [1.807, 2.05) is 0 Å². The van der Waals surface area contributed by atoms with Crippen molar-refractivity contribution in [2.24, 2.45) is 0 Å². The highest BCUT2D eigenvalue weighted by atomic mass is 16.2. The van der Waals surface area contributed by atoms with Gasteiger partial charge in [-0.2, -0.15) is 0 Å². The van der Waals surface area contributed by atoms with Gasteiger partial charge < -0.3 is 0 Å². The fourth-order valence-corrected chi connectivity index (χ4v) is 2.18. The van der Waals surface area contributed by atoms with Crippen LogP contribution >= 0.6 is 0 Å². The molecule has 1 N–H and O–H groups in total. The van der Waals surface area contributed by atoms with Crippen LogP contribution in [-0.2, 0) is 16.1 Å². The van der Waals surface area contributed by atoms with Crippen molar-refractivity contribution in [3.05, 3.63) is 24.3 Å². The summed E-state index contributed by atoms with van der Waals surface area (Å²) in [5, 5.41) is 3.09. The van der Waals surface area contributed by atoms with Gasteiger partial charge in [-0.3, -0.25) is 19.8 Å². The van der Waals surface area contributed by atoms with Crippen molar-refractivity contribution >= 4 is 11.8 Å². The largest absolute Gasteiger partial charge is 0.300 e. The molecular weight excluding hydrogens is 232 g/mol. The van der Waals surface area contributed by atoms with E-state index in [0.717, 1.165) is 18.5 Å². The van der Waals surface area contributed by atoms with Crippen molar-refractivity contribution in [2.75, 3.05) is 0 Å². The molecular formula is C12H14N4O2. The van der Waals surface area contributed by atoms with E-state index in [4.69, 9.17) is 0 Å². The zero-order valence-electron chi connectivity index (χ0n) is 9.87. The van der Waals surface area contributed by atoms with Gasteiger partial charge in [-0.15, -0.1) is 0 Å². The molecule has 18 heavy (non-hydrogen) atoms. The van der Waals surface area contributed by atoms with Gasteiger partial charge in [-0.25, -0.2) is 9.97 Å². The van der Waals surface area contributed by atoms with Crippen LogP contribution < -0.4 is 5.32 Å². The Hall–Kier alpha value is -1.82. The third-order valence-corrected chi connectivity index (χ3v) is 3.27. The summed E-state index contributed by atoms with van der Waals surface area (Å²) in [5.41, 5.74) is 0.815. The monoisotopic (exact) mass is 246 g/mol. The van der Waals surface area contributed by atoms with Gasteiger partial charge in [0.25, 0.3) is 0 Å². The topological polar surface area (TPSA) is 75.2 Å². The first-order chi connectivity index (χ1) is 8.75. The lowest BCUT2D eigenvalue weighted by atomic mass is 10.2. The van der Waals surface area contributed by atoms with Crippen LogP contribution in [0.15, 0.2) is 18.6 Å². The molecule has 2 fully saturated rings. The number of likely N-dealkylation sites (tertiary alicyclic amines) is 1. The fraction of sp³-hybridized carbons (Fsp3) is 0.500. The Morgan fingerprint density at radius 3 is 2.89 bits per heavy atom. The number of carbonyl (C=O) groups excluding carboxylic acids is 2. The summed E-state index contributed by atoms with van der Waals surface area (Å²) in [5.74, 6) is -0.140. The normalized spacial score (nSPS) is 23.8. The third kappa shape index (κ3) is 2.11. The molecule has 2 amide bonds. The quantitative estimate of drug-likeness (QED) is 0.748. The first kappa shape index (κ1) is 11.3. The molecule has 1 unspecified atom stereocenters. The standard InChI is InChI=1S/C12H14N4O2/c17-11-5-10(12(18)16(11)9-1-2-9)14-6-8-3-4-13-7-15-8/h3-4,7,9-10,14H,1-2,5-6H2. The summed E-state index contributed by atoms with van der Waals surface area (Å²) >= 11 is 0. The lowest BCUT2D eigenvalue weighted by Crippen LogP contribution is -2.39. The van der Waals surface area contributed by atoms with Crippen molar-refractivity contribution in [1.29, 1.82) is 0 Å². The molecule has 1 saturated carbocycles. The maximum absolute atomic E-state index is 12.0. The molecule has 6 heteroatoms. The van der Waals surface area contributed by atoms with E-state index >= 15 is 0 Å². The van der Waals surface area contributed by atoms with Crippen molar-refractivity contribution in [1.82, 2.24) is 20.2 Å². The summed E-state index contributed by atoms with van der Waals surface area (Å²) < 4.78 is 0. The van der Waals surface area contributed by atoms with Gasteiger partial charge in [0.1, 0.15) is 6.33 Å². The predicted octanol–water partition coefficient (Wildman–Crippen LogP) is -0.144. The number of hydrogen-bond donors (Lipinski definition) is 1. The number of amides is 2. The first-order valence-electron chi connectivity index (χ1n) is 6.10. The number of rotatable bonds is 4. The highest BCUT2D eigenvalue weighted by molar-refractivity contribution is 6.06. The molecule has 2 heterocycles. The fourth-order valence-electron chi connectivity index (χ4n) is 2.18. The second-order valence-electron chi connectivity index (χ2n) is 4.67. The number of imide groups is 1. The van der Waals surface area contributed by atoms with Crippen LogP contribution in [0.4, 0.5) is 0 Å².